The maximum absolute atomic E-state index is 12.5. The van der Waals surface area contributed by atoms with E-state index in [2.05, 4.69) is 0 Å². The van der Waals surface area contributed by atoms with Crippen LogP contribution < -0.4 is 0 Å². The first-order valence-electron chi connectivity index (χ1n) is 6.99. The molecule has 1 aliphatic heterocycles. The highest BCUT2D eigenvalue weighted by molar-refractivity contribution is 5.86. The number of hydrogen-bond acceptors (Lipinski definition) is 3. The highest BCUT2D eigenvalue weighted by Gasteiger charge is 2.43. The smallest absolute Gasteiger partial charge is 0.308 e. The molecule has 0 bridgehead atoms. The number of benzene rings is 1. The van der Waals surface area contributed by atoms with Gasteiger partial charge in [-0.2, -0.15) is 0 Å². The Morgan fingerprint density at radius 3 is 2.38 bits per heavy atom. The number of carbonyl (C=O) groups is 2. The average Bonchev–Trinajstić information content (AvgIpc) is 2.92. The van der Waals surface area contributed by atoms with E-state index < -0.39 is 17.5 Å². The van der Waals surface area contributed by atoms with Gasteiger partial charge in [0, 0.05) is 26.1 Å². The van der Waals surface area contributed by atoms with Gasteiger partial charge in [-0.1, -0.05) is 30.3 Å². The maximum Gasteiger partial charge on any atom is 0.308 e. The van der Waals surface area contributed by atoms with E-state index in [0.29, 0.717) is 6.54 Å². The lowest BCUT2D eigenvalue weighted by atomic mass is 9.89. The van der Waals surface area contributed by atoms with Crippen molar-refractivity contribution in [2.24, 2.45) is 5.92 Å². The molecule has 0 radical (unpaired) electrons. The van der Waals surface area contributed by atoms with Gasteiger partial charge in [0.15, 0.2) is 0 Å². The zero-order valence-corrected chi connectivity index (χ0v) is 12.6. The van der Waals surface area contributed by atoms with Gasteiger partial charge in [-0.25, -0.2) is 0 Å². The van der Waals surface area contributed by atoms with Crippen molar-refractivity contribution in [3.05, 3.63) is 35.9 Å². The van der Waals surface area contributed by atoms with Gasteiger partial charge in [-0.3, -0.25) is 9.59 Å². The molecule has 0 saturated carbocycles. The minimum Gasteiger partial charge on any atom is -0.481 e. The van der Waals surface area contributed by atoms with Crippen molar-refractivity contribution in [3.63, 3.8) is 0 Å². The van der Waals surface area contributed by atoms with Gasteiger partial charge in [-0.05, 0) is 19.4 Å². The van der Waals surface area contributed by atoms with Gasteiger partial charge in [-0.15, -0.1) is 0 Å². The Labute approximate surface area is 124 Å². The van der Waals surface area contributed by atoms with Crippen LogP contribution in [0.3, 0.4) is 0 Å². The molecule has 1 fully saturated rings. The number of carboxylic acids is 1. The molecule has 1 aromatic carbocycles. The molecule has 1 aromatic rings. The van der Waals surface area contributed by atoms with E-state index in [9.17, 15) is 14.7 Å². The van der Waals surface area contributed by atoms with E-state index in [1.807, 2.05) is 30.3 Å². The monoisotopic (exact) mass is 291 g/mol. The van der Waals surface area contributed by atoms with Crippen LogP contribution in [0.2, 0.25) is 0 Å². The number of nitrogens with zero attached hydrogens (tertiary/aromatic N) is 1. The number of ether oxygens (including phenoxy) is 1. The van der Waals surface area contributed by atoms with Crippen molar-refractivity contribution in [1.82, 2.24) is 4.90 Å². The van der Waals surface area contributed by atoms with Crippen LogP contribution in [0.5, 0.6) is 0 Å². The summed E-state index contributed by atoms with van der Waals surface area (Å²) in [6.07, 6.45) is 0. The van der Waals surface area contributed by atoms with Crippen molar-refractivity contribution in [1.29, 1.82) is 0 Å². The summed E-state index contributed by atoms with van der Waals surface area (Å²) in [5.41, 5.74) is 0.0182. The highest BCUT2D eigenvalue weighted by atomic mass is 16.5. The number of carbonyl (C=O) groups excluding carboxylic acids is 1. The van der Waals surface area contributed by atoms with Gasteiger partial charge < -0.3 is 14.7 Å². The van der Waals surface area contributed by atoms with Crippen molar-refractivity contribution in [3.8, 4) is 0 Å². The summed E-state index contributed by atoms with van der Waals surface area (Å²) in [5.74, 6) is -1.80. The van der Waals surface area contributed by atoms with Crippen LogP contribution >= 0.6 is 0 Å². The Kier molecular flexibility index (Phi) is 4.32. The van der Waals surface area contributed by atoms with E-state index in [4.69, 9.17) is 4.74 Å². The topological polar surface area (TPSA) is 66.8 Å². The number of carboxylic acid groups (broad SMARTS) is 1. The van der Waals surface area contributed by atoms with Crippen LogP contribution in [-0.4, -0.2) is 47.7 Å². The van der Waals surface area contributed by atoms with E-state index in [-0.39, 0.29) is 18.4 Å². The molecule has 114 valence electrons. The highest BCUT2D eigenvalue weighted by Crippen LogP contribution is 2.34. The predicted octanol–water partition coefficient (Wildman–Crippen LogP) is 1.74. The summed E-state index contributed by atoms with van der Waals surface area (Å²) in [6.45, 7) is 4.02. The fourth-order valence-electron chi connectivity index (χ4n) is 2.73. The third kappa shape index (κ3) is 3.08. The summed E-state index contributed by atoms with van der Waals surface area (Å²) in [6, 6.07) is 9.49. The first kappa shape index (κ1) is 15.5. The Morgan fingerprint density at radius 2 is 1.86 bits per heavy atom. The second-order valence-corrected chi connectivity index (χ2v) is 5.89. The van der Waals surface area contributed by atoms with Crippen LogP contribution in [0.25, 0.3) is 0 Å². The van der Waals surface area contributed by atoms with E-state index in [0.717, 1.165) is 5.56 Å². The number of hydrogen-bond donors (Lipinski definition) is 1. The van der Waals surface area contributed by atoms with Crippen molar-refractivity contribution in [2.45, 2.75) is 25.4 Å². The molecular weight excluding hydrogens is 270 g/mol. The summed E-state index contributed by atoms with van der Waals surface area (Å²) < 4.78 is 5.21. The molecular formula is C16H21NO4. The number of aliphatic carboxylic acids is 1. The van der Waals surface area contributed by atoms with Crippen LogP contribution in [0, 0.1) is 5.92 Å². The number of rotatable bonds is 4. The maximum atomic E-state index is 12.5. The standard InChI is InChI=1S/C16H21NO4/c1-16(2,21-3)15(20)17-9-12(13(10-17)14(18)19)11-7-5-4-6-8-11/h4-8,12-13H,9-10H2,1-3H3,(H,18,19)/t12-,13-/m0/s1. The zero-order chi connectivity index (χ0) is 15.6. The third-order valence-corrected chi connectivity index (χ3v) is 4.18. The van der Waals surface area contributed by atoms with Crippen LogP contribution in [0.4, 0.5) is 0 Å². The molecule has 2 atom stereocenters. The Bertz CT molecular complexity index is 526. The molecule has 0 aliphatic carbocycles. The summed E-state index contributed by atoms with van der Waals surface area (Å²) in [7, 11) is 1.48. The molecule has 1 aliphatic rings. The van der Waals surface area contributed by atoms with Crippen molar-refractivity contribution < 1.29 is 19.4 Å². The van der Waals surface area contributed by atoms with Gasteiger partial charge in [0.25, 0.3) is 5.91 Å². The van der Waals surface area contributed by atoms with Gasteiger partial charge in [0.2, 0.25) is 0 Å². The molecule has 1 heterocycles. The predicted molar refractivity (Wildman–Crippen MR) is 78.0 cm³/mol. The minimum atomic E-state index is -0.936. The fraction of sp³-hybridized carbons (Fsp3) is 0.500. The zero-order valence-electron chi connectivity index (χ0n) is 12.6. The SMILES string of the molecule is COC(C)(C)C(=O)N1C[C@H](C(=O)O)[C@H](c2ccccc2)C1. The summed E-state index contributed by atoms with van der Waals surface area (Å²) >= 11 is 0. The molecule has 0 spiro atoms. The largest absolute Gasteiger partial charge is 0.481 e. The minimum absolute atomic E-state index is 0.172. The van der Waals surface area contributed by atoms with E-state index >= 15 is 0 Å². The average molecular weight is 291 g/mol. The lowest BCUT2D eigenvalue weighted by molar-refractivity contribution is -0.150. The van der Waals surface area contributed by atoms with Crippen LogP contribution in [-0.2, 0) is 14.3 Å². The molecule has 2 rings (SSSR count). The van der Waals surface area contributed by atoms with Gasteiger partial charge in [0.05, 0.1) is 5.92 Å². The first-order valence-corrected chi connectivity index (χ1v) is 6.99. The molecule has 0 aromatic heterocycles. The lowest BCUT2D eigenvalue weighted by Crippen LogP contribution is -2.45. The second kappa shape index (κ2) is 5.85. The first-order chi connectivity index (χ1) is 9.86. The van der Waals surface area contributed by atoms with E-state index in [1.165, 1.54) is 7.11 Å². The number of methoxy groups -OCH3 is 1. The Hall–Kier alpha value is -1.88. The Morgan fingerprint density at radius 1 is 1.24 bits per heavy atom. The van der Waals surface area contributed by atoms with Gasteiger partial charge >= 0.3 is 5.97 Å². The van der Waals surface area contributed by atoms with Crippen molar-refractivity contribution >= 4 is 11.9 Å². The van der Waals surface area contributed by atoms with Crippen LogP contribution in [0.15, 0.2) is 30.3 Å². The normalized spacial score (nSPS) is 22.3. The summed E-state index contributed by atoms with van der Waals surface area (Å²) in [4.78, 5) is 25.6. The molecule has 1 amide bonds. The van der Waals surface area contributed by atoms with Crippen LogP contribution in [0.1, 0.15) is 25.3 Å². The molecule has 0 unspecified atom stereocenters. The lowest BCUT2D eigenvalue weighted by Gasteiger charge is -2.28. The molecule has 1 saturated heterocycles. The second-order valence-electron chi connectivity index (χ2n) is 5.89. The van der Waals surface area contributed by atoms with Crippen molar-refractivity contribution in [2.75, 3.05) is 20.2 Å². The quantitative estimate of drug-likeness (QED) is 0.917. The fourth-order valence-corrected chi connectivity index (χ4v) is 2.73. The number of likely N-dealkylation sites (tertiary alicyclic amines) is 1. The van der Waals surface area contributed by atoms with E-state index in [1.54, 1.807) is 18.7 Å². The summed E-state index contributed by atoms with van der Waals surface area (Å²) in [5, 5.41) is 9.44. The molecule has 21 heavy (non-hydrogen) atoms. The number of amides is 1. The molecule has 1 N–H and O–H groups in total. The Balaban J connectivity index is 2.24. The molecule has 5 heteroatoms. The van der Waals surface area contributed by atoms with Gasteiger partial charge in [0.1, 0.15) is 5.60 Å². The molecule has 5 nitrogen and oxygen atoms in total. The third-order valence-electron chi connectivity index (χ3n) is 4.18.